The molecule has 7 heteroatoms. The van der Waals surface area contributed by atoms with Crippen LogP contribution in [0.2, 0.25) is 0 Å². The average molecular weight is 220 g/mol. The number of carbonyl (C=O) groups is 1. The Hall–Kier alpha value is -1.92. The van der Waals surface area contributed by atoms with Crippen molar-refractivity contribution in [1.29, 1.82) is 0 Å². The van der Waals surface area contributed by atoms with Crippen LogP contribution in [0.25, 0.3) is 0 Å². The minimum atomic E-state index is -4.89. The lowest BCUT2D eigenvalue weighted by Crippen LogP contribution is -2.21. The molecule has 1 amide bonds. The second-order valence-electron chi connectivity index (χ2n) is 2.63. The van der Waals surface area contributed by atoms with E-state index in [9.17, 15) is 18.0 Å². The van der Waals surface area contributed by atoms with Crippen molar-refractivity contribution in [3.8, 4) is 5.75 Å². The molecule has 0 spiro atoms. The fraction of sp³-hybridized carbons (Fsp3) is 0.125. The maximum atomic E-state index is 11.9. The van der Waals surface area contributed by atoms with E-state index in [0.717, 1.165) is 6.07 Å². The number of anilines is 1. The van der Waals surface area contributed by atoms with E-state index in [-0.39, 0.29) is 5.69 Å². The quantitative estimate of drug-likeness (QED) is 0.736. The van der Waals surface area contributed by atoms with Gasteiger partial charge in [0.05, 0.1) is 0 Å². The Kier molecular flexibility index (Phi) is 2.74. The van der Waals surface area contributed by atoms with Gasteiger partial charge in [-0.1, -0.05) is 6.07 Å². The van der Waals surface area contributed by atoms with Crippen molar-refractivity contribution in [2.24, 2.45) is 5.73 Å². The standard InChI is InChI=1S/C8H7F3N2O2/c9-8(10,11)15-5-3-1-2-4(12)6(5)7(13)14/h1-3H,12H2,(H2,13,14). The lowest BCUT2D eigenvalue weighted by atomic mass is 10.1. The highest BCUT2D eigenvalue weighted by Gasteiger charge is 2.33. The van der Waals surface area contributed by atoms with Crippen molar-refractivity contribution in [3.63, 3.8) is 0 Å². The van der Waals surface area contributed by atoms with Crippen LogP contribution in [0.15, 0.2) is 18.2 Å². The summed E-state index contributed by atoms with van der Waals surface area (Å²) in [5.74, 6) is -1.78. The van der Waals surface area contributed by atoms with Crippen molar-refractivity contribution in [2.75, 3.05) is 5.73 Å². The van der Waals surface area contributed by atoms with Crippen LogP contribution in [0.1, 0.15) is 10.4 Å². The number of hydrogen-bond acceptors (Lipinski definition) is 3. The number of hydrogen-bond donors (Lipinski definition) is 2. The number of halogens is 3. The van der Waals surface area contributed by atoms with E-state index in [1.54, 1.807) is 0 Å². The molecule has 0 radical (unpaired) electrons. The number of primary amides is 1. The summed E-state index contributed by atoms with van der Waals surface area (Å²) in [6, 6.07) is 3.44. The van der Waals surface area contributed by atoms with Gasteiger partial charge in [-0.05, 0) is 12.1 Å². The molecule has 0 aliphatic carbocycles. The zero-order valence-corrected chi connectivity index (χ0v) is 7.34. The molecule has 1 rings (SSSR count). The Labute approximate surface area is 82.6 Å². The third-order valence-electron chi connectivity index (χ3n) is 1.53. The highest BCUT2D eigenvalue weighted by atomic mass is 19.4. The number of nitrogen functional groups attached to an aromatic ring is 1. The van der Waals surface area contributed by atoms with Gasteiger partial charge in [-0.25, -0.2) is 0 Å². The molecule has 0 unspecified atom stereocenters. The van der Waals surface area contributed by atoms with Crippen molar-refractivity contribution < 1.29 is 22.7 Å². The van der Waals surface area contributed by atoms with Gasteiger partial charge in [0.15, 0.2) is 0 Å². The predicted octanol–water partition coefficient (Wildman–Crippen LogP) is 1.27. The maximum absolute atomic E-state index is 11.9. The molecular weight excluding hydrogens is 213 g/mol. The summed E-state index contributed by atoms with van der Waals surface area (Å²) < 4.78 is 39.3. The Morgan fingerprint density at radius 2 is 1.93 bits per heavy atom. The fourth-order valence-corrected chi connectivity index (χ4v) is 1.02. The molecule has 1 aromatic carbocycles. The van der Waals surface area contributed by atoms with Gasteiger partial charge in [-0.15, -0.1) is 13.2 Å². The van der Waals surface area contributed by atoms with Crippen LogP contribution in [0.3, 0.4) is 0 Å². The molecule has 4 nitrogen and oxygen atoms in total. The number of amides is 1. The number of nitrogens with two attached hydrogens (primary N) is 2. The monoisotopic (exact) mass is 220 g/mol. The van der Waals surface area contributed by atoms with Gasteiger partial charge in [0.25, 0.3) is 5.91 Å². The largest absolute Gasteiger partial charge is 0.573 e. The topological polar surface area (TPSA) is 78.3 Å². The van der Waals surface area contributed by atoms with Gasteiger partial charge in [-0.3, -0.25) is 4.79 Å². The zero-order chi connectivity index (χ0) is 11.6. The van der Waals surface area contributed by atoms with Crippen LogP contribution < -0.4 is 16.2 Å². The smallest absolute Gasteiger partial charge is 0.405 e. The molecule has 0 saturated heterocycles. The van der Waals surface area contributed by atoms with Crippen molar-refractivity contribution >= 4 is 11.6 Å². The molecule has 0 atom stereocenters. The van der Waals surface area contributed by atoms with Crippen LogP contribution in [0, 0.1) is 0 Å². The Morgan fingerprint density at radius 1 is 1.33 bits per heavy atom. The van der Waals surface area contributed by atoms with Crippen LogP contribution >= 0.6 is 0 Å². The molecule has 0 aliphatic rings. The summed E-state index contributed by atoms with van der Waals surface area (Å²) in [4.78, 5) is 10.8. The number of benzene rings is 1. The molecule has 0 bridgehead atoms. The SMILES string of the molecule is NC(=O)c1c(N)cccc1OC(F)(F)F. The van der Waals surface area contributed by atoms with Crippen molar-refractivity contribution in [3.05, 3.63) is 23.8 Å². The van der Waals surface area contributed by atoms with Crippen LogP contribution in [-0.2, 0) is 0 Å². The second kappa shape index (κ2) is 3.68. The molecule has 0 aromatic heterocycles. The van der Waals surface area contributed by atoms with Gasteiger partial charge in [0.2, 0.25) is 0 Å². The highest BCUT2D eigenvalue weighted by molar-refractivity contribution is 6.00. The first-order valence-corrected chi connectivity index (χ1v) is 3.75. The van der Waals surface area contributed by atoms with E-state index >= 15 is 0 Å². The number of ether oxygens (including phenoxy) is 1. The lowest BCUT2D eigenvalue weighted by molar-refractivity contribution is -0.274. The molecule has 82 valence electrons. The molecule has 0 aliphatic heterocycles. The first kappa shape index (κ1) is 11.2. The maximum Gasteiger partial charge on any atom is 0.573 e. The minimum Gasteiger partial charge on any atom is -0.405 e. The molecule has 4 N–H and O–H groups in total. The Morgan fingerprint density at radius 3 is 2.40 bits per heavy atom. The highest BCUT2D eigenvalue weighted by Crippen LogP contribution is 2.29. The van der Waals surface area contributed by atoms with Crippen LogP contribution in [0.5, 0.6) is 5.75 Å². The summed E-state index contributed by atoms with van der Waals surface area (Å²) in [5, 5.41) is 0. The summed E-state index contributed by atoms with van der Waals surface area (Å²) in [6.45, 7) is 0. The first-order valence-electron chi connectivity index (χ1n) is 3.75. The lowest BCUT2D eigenvalue weighted by Gasteiger charge is -2.12. The van der Waals surface area contributed by atoms with Gasteiger partial charge >= 0.3 is 6.36 Å². The van der Waals surface area contributed by atoms with Crippen molar-refractivity contribution in [1.82, 2.24) is 0 Å². The first-order chi connectivity index (χ1) is 6.81. The van der Waals surface area contributed by atoms with E-state index in [4.69, 9.17) is 11.5 Å². The van der Waals surface area contributed by atoms with Crippen LogP contribution in [0.4, 0.5) is 18.9 Å². The van der Waals surface area contributed by atoms with E-state index in [1.807, 2.05) is 0 Å². The molecule has 0 saturated carbocycles. The Balaban J connectivity index is 3.18. The predicted molar refractivity (Wildman–Crippen MR) is 46.1 cm³/mol. The third kappa shape index (κ3) is 2.76. The Bertz CT molecular complexity index is 390. The van der Waals surface area contributed by atoms with Gasteiger partial charge in [0.1, 0.15) is 11.3 Å². The van der Waals surface area contributed by atoms with E-state index in [0.29, 0.717) is 0 Å². The number of alkyl halides is 3. The zero-order valence-electron chi connectivity index (χ0n) is 7.34. The molecule has 0 fully saturated rings. The van der Waals surface area contributed by atoms with Crippen molar-refractivity contribution in [2.45, 2.75) is 6.36 Å². The average Bonchev–Trinajstić information content (AvgIpc) is 1.99. The van der Waals surface area contributed by atoms with Gasteiger partial charge in [0, 0.05) is 5.69 Å². The van der Waals surface area contributed by atoms with Gasteiger partial charge in [-0.2, -0.15) is 0 Å². The molecular formula is C8H7F3N2O2. The fourth-order valence-electron chi connectivity index (χ4n) is 1.02. The number of rotatable bonds is 2. The molecule has 15 heavy (non-hydrogen) atoms. The minimum absolute atomic E-state index is 0.163. The van der Waals surface area contributed by atoms with Gasteiger partial charge < -0.3 is 16.2 Å². The van der Waals surface area contributed by atoms with E-state index in [1.165, 1.54) is 12.1 Å². The van der Waals surface area contributed by atoms with E-state index in [2.05, 4.69) is 4.74 Å². The second-order valence-corrected chi connectivity index (χ2v) is 2.63. The normalized spacial score (nSPS) is 11.1. The summed E-state index contributed by atoms with van der Waals surface area (Å²) in [6.07, 6.45) is -4.89. The molecule has 0 heterocycles. The summed E-state index contributed by atoms with van der Waals surface area (Å²) in [7, 11) is 0. The summed E-state index contributed by atoms with van der Waals surface area (Å²) >= 11 is 0. The third-order valence-corrected chi connectivity index (χ3v) is 1.53. The van der Waals surface area contributed by atoms with Crippen LogP contribution in [-0.4, -0.2) is 12.3 Å². The number of carbonyl (C=O) groups excluding carboxylic acids is 1. The summed E-state index contributed by atoms with van der Waals surface area (Å²) in [5.41, 5.74) is 9.52. The molecule has 1 aromatic rings. The van der Waals surface area contributed by atoms with E-state index < -0.39 is 23.6 Å².